The van der Waals surface area contributed by atoms with Crippen LogP contribution in [0, 0.1) is 6.92 Å². The van der Waals surface area contributed by atoms with Gasteiger partial charge in [-0.15, -0.1) is 0 Å². The van der Waals surface area contributed by atoms with E-state index in [1.165, 1.54) is 41.3 Å². The van der Waals surface area contributed by atoms with Gasteiger partial charge in [0.15, 0.2) is 5.78 Å². The van der Waals surface area contributed by atoms with Gasteiger partial charge in [-0.25, -0.2) is 14.5 Å². The fraction of sp³-hybridized carbons (Fsp3) is 0.276. The Morgan fingerprint density at radius 3 is 2.37 bits per heavy atom. The van der Waals surface area contributed by atoms with E-state index in [-0.39, 0.29) is 29.2 Å². The van der Waals surface area contributed by atoms with Crippen molar-refractivity contribution >= 4 is 29.2 Å². The molecule has 2 amide bonds. The first-order valence-electron chi connectivity index (χ1n) is 12.7. The van der Waals surface area contributed by atoms with E-state index in [2.05, 4.69) is 10.6 Å². The smallest absolute Gasteiger partial charge is 0.418 e. The maximum Gasteiger partial charge on any atom is 0.418 e. The number of hydrogen-bond donors (Lipinski definition) is 3. The van der Waals surface area contributed by atoms with Crippen LogP contribution in [0.3, 0.4) is 0 Å². The van der Waals surface area contributed by atoms with E-state index >= 15 is 4.39 Å². The topological polar surface area (TPSA) is 108 Å². The van der Waals surface area contributed by atoms with Crippen molar-refractivity contribution in [2.24, 2.45) is 0 Å². The summed E-state index contributed by atoms with van der Waals surface area (Å²) in [4.78, 5) is 37.8. The number of hydrogen-bond acceptors (Lipinski definition) is 5. The zero-order valence-electron chi connectivity index (χ0n) is 21.9. The molecule has 0 aliphatic carbocycles. The molecule has 41 heavy (non-hydrogen) atoms. The largest absolute Gasteiger partial charge is 0.478 e. The summed E-state index contributed by atoms with van der Waals surface area (Å²) in [6.07, 6.45) is -3.61. The molecule has 0 aromatic heterocycles. The molecule has 1 saturated heterocycles. The van der Waals surface area contributed by atoms with Crippen LogP contribution in [0.15, 0.2) is 66.7 Å². The number of aryl methyl sites for hydroxylation is 1. The molecule has 1 fully saturated rings. The molecule has 216 valence electrons. The summed E-state index contributed by atoms with van der Waals surface area (Å²) in [5, 5.41) is 13.7. The van der Waals surface area contributed by atoms with E-state index in [1.807, 2.05) is 0 Å². The number of Topliss-reactive ketones (excluding diaryl/α,β-unsaturated/α-hetero) is 1. The second kappa shape index (κ2) is 12.4. The molecule has 3 aromatic carbocycles. The number of carboxylic acid groups (broad SMARTS) is 1. The summed E-state index contributed by atoms with van der Waals surface area (Å²) >= 11 is 0. The van der Waals surface area contributed by atoms with Gasteiger partial charge in [-0.1, -0.05) is 24.3 Å². The van der Waals surface area contributed by atoms with Crippen molar-refractivity contribution in [1.82, 2.24) is 4.90 Å². The number of benzene rings is 3. The number of anilines is 2. The van der Waals surface area contributed by atoms with Gasteiger partial charge >= 0.3 is 18.2 Å². The molecule has 1 aliphatic heterocycles. The number of halogens is 4. The van der Waals surface area contributed by atoms with Gasteiger partial charge in [0.2, 0.25) is 0 Å². The van der Waals surface area contributed by atoms with Gasteiger partial charge in [0.25, 0.3) is 6.48 Å². The third-order valence-corrected chi connectivity index (χ3v) is 6.66. The van der Waals surface area contributed by atoms with Crippen molar-refractivity contribution < 1.29 is 41.8 Å². The molecule has 12 heteroatoms. The fourth-order valence-electron chi connectivity index (χ4n) is 4.64. The van der Waals surface area contributed by atoms with Crippen LogP contribution in [-0.2, 0) is 17.4 Å². The standard InChI is InChI=1S/C29H27F4N3O5/c1-17-15-18(8-13-22(17)34-28(40)35-23-6-3-2-5-21(23)29(31,32)33)16-25(37)24-7-4-14-36(24)27(30)41-20-11-9-19(10-12-20)26(38)39/h2-3,5-6,8-13,15,24,27H,4,7,14,16H2,1H3,(H,38,39)(H2,34,35,40)/t24-,27-/m0/s1. The number of carbonyl (C=O) groups excluding carboxylic acids is 2. The first-order chi connectivity index (χ1) is 19.4. The fourth-order valence-corrected chi connectivity index (χ4v) is 4.64. The second-order valence-corrected chi connectivity index (χ2v) is 9.55. The van der Waals surface area contributed by atoms with Crippen LogP contribution < -0.4 is 15.4 Å². The lowest BCUT2D eigenvalue weighted by atomic mass is 10.00. The minimum Gasteiger partial charge on any atom is -0.478 e. The Labute approximate surface area is 232 Å². The van der Waals surface area contributed by atoms with Gasteiger partial charge in [0, 0.05) is 18.7 Å². The molecule has 3 N–H and O–H groups in total. The van der Waals surface area contributed by atoms with Crippen LogP contribution in [0.4, 0.5) is 33.7 Å². The van der Waals surface area contributed by atoms with E-state index in [4.69, 9.17) is 9.84 Å². The first kappa shape index (κ1) is 29.5. The van der Waals surface area contributed by atoms with Crippen LogP contribution in [0.5, 0.6) is 5.75 Å². The summed E-state index contributed by atoms with van der Waals surface area (Å²) in [6, 6.07) is 13.1. The summed E-state index contributed by atoms with van der Waals surface area (Å²) in [7, 11) is 0. The molecule has 0 bridgehead atoms. The number of alkyl halides is 4. The zero-order chi connectivity index (χ0) is 29.7. The number of amides is 2. The lowest BCUT2D eigenvalue weighted by molar-refractivity contribution is -0.137. The molecular weight excluding hydrogens is 546 g/mol. The highest BCUT2D eigenvalue weighted by molar-refractivity contribution is 6.00. The molecule has 0 spiro atoms. The predicted octanol–water partition coefficient (Wildman–Crippen LogP) is 6.26. The highest BCUT2D eigenvalue weighted by atomic mass is 19.4. The molecule has 1 aliphatic rings. The maximum absolute atomic E-state index is 15.0. The van der Waals surface area contributed by atoms with Crippen LogP contribution in [0.2, 0.25) is 0 Å². The van der Waals surface area contributed by atoms with Gasteiger partial charge in [-0.05, 0) is 73.4 Å². The molecule has 1 heterocycles. The number of urea groups is 1. The van der Waals surface area contributed by atoms with E-state index in [1.54, 1.807) is 25.1 Å². The Hall–Kier alpha value is -4.45. The monoisotopic (exact) mass is 573 g/mol. The van der Waals surface area contributed by atoms with Crippen LogP contribution in [0.1, 0.15) is 39.9 Å². The number of carbonyl (C=O) groups is 3. The summed E-state index contributed by atoms with van der Waals surface area (Å²) < 4.78 is 59.9. The van der Waals surface area contributed by atoms with Crippen LogP contribution >= 0.6 is 0 Å². The summed E-state index contributed by atoms with van der Waals surface area (Å²) in [6.45, 7) is 0.0755. The van der Waals surface area contributed by atoms with E-state index in [0.717, 1.165) is 12.1 Å². The molecule has 2 atom stereocenters. The molecule has 3 aromatic rings. The van der Waals surface area contributed by atoms with Gasteiger partial charge in [0.1, 0.15) is 5.75 Å². The van der Waals surface area contributed by atoms with Crippen LogP contribution in [-0.4, -0.2) is 46.9 Å². The Morgan fingerprint density at radius 1 is 1.02 bits per heavy atom. The van der Waals surface area contributed by atoms with Gasteiger partial charge in [-0.3, -0.25) is 4.79 Å². The Bertz CT molecular complexity index is 1430. The number of carboxylic acids is 1. The highest BCUT2D eigenvalue weighted by Crippen LogP contribution is 2.34. The summed E-state index contributed by atoms with van der Waals surface area (Å²) in [5.74, 6) is -1.21. The third-order valence-electron chi connectivity index (χ3n) is 6.66. The van der Waals surface area contributed by atoms with Crippen molar-refractivity contribution in [3.05, 3.63) is 89.0 Å². The Morgan fingerprint density at radius 2 is 1.71 bits per heavy atom. The number of nitrogens with zero attached hydrogens (tertiary/aromatic N) is 1. The minimum absolute atomic E-state index is 0.00648. The van der Waals surface area contributed by atoms with Gasteiger partial charge in [0.05, 0.1) is 22.9 Å². The van der Waals surface area contributed by atoms with Gasteiger partial charge in [-0.2, -0.15) is 17.6 Å². The third kappa shape index (κ3) is 7.40. The normalized spacial score (nSPS) is 16.2. The molecule has 8 nitrogen and oxygen atoms in total. The SMILES string of the molecule is Cc1cc(CC(=O)[C@@H]2CCCN2[C@H](F)Oc2ccc(C(=O)O)cc2)ccc1NC(=O)Nc1ccccc1C(F)(F)F. The minimum atomic E-state index is -4.63. The lowest BCUT2D eigenvalue weighted by Crippen LogP contribution is -2.44. The number of para-hydroxylation sites is 1. The molecule has 4 rings (SSSR count). The lowest BCUT2D eigenvalue weighted by Gasteiger charge is -2.27. The molecule has 0 unspecified atom stereocenters. The predicted molar refractivity (Wildman–Crippen MR) is 143 cm³/mol. The average Bonchev–Trinajstić information content (AvgIpc) is 3.41. The number of ketones is 1. The van der Waals surface area contributed by atoms with Crippen molar-refractivity contribution in [2.45, 2.75) is 44.9 Å². The molecule has 0 radical (unpaired) electrons. The summed E-state index contributed by atoms with van der Waals surface area (Å²) in [5.41, 5.74) is 0.218. The number of aromatic carboxylic acids is 1. The number of rotatable bonds is 9. The quantitative estimate of drug-likeness (QED) is 0.206. The second-order valence-electron chi connectivity index (χ2n) is 9.55. The van der Waals surface area contributed by atoms with E-state index in [9.17, 15) is 27.6 Å². The molecule has 0 saturated carbocycles. The Kier molecular flexibility index (Phi) is 8.92. The number of ether oxygens (including phenoxy) is 1. The number of nitrogens with one attached hydrogen (secondary N) is 2. The molecular formula is C29H27F4N3O5. The van der Waals surface area contributed by atoms with E-state index in [0.29, 0.717) is 36.2 Å². The van der Waals surface area contributed by atoms with Crippen LogP contribution in [0.25, 0.3) is 0 Å². The average molecular weight is 574 g/mol. The van der Waals surface area contributed by atoms with Crippen molar-refractivity contribution in [3.63, 3.8) is 0 Å². The zero-order valence-corrected chi connectivity index (χ0v) is 21.9. The highest BCUT2D eigenvalue weighted by Gasteiger charge is 2.37. The van der Waals surface area contributed by atoms with Crippen molar-refractivity contribution in [3.8, 4) is 5.75 Å². The maximum atomic E-state index is 15.0. The van der Waals surface area contributed by atoms with E-state index < -0.39 is 36.3 Å². The first-order valence-corrected chi connectivity index (χ1v) is 12.7. The Balaban J connectivity index is 1.36. The van der Waals surface area contributed by atoms with Crippen molar-refractivity contribution in [1.29, 1.82) is 0 Å². The number of likely N-dealkylation sites (tertiary alicyclic amines) is 1. The van der Waals surface area contributed by atoms with Gasteiger partial charge < -0.3 is 20.5 Å². The van der Waals surface area contributed by atoms with Crippen molar-refractivity contribution in [2.75, 3.05) is 17.2 Å².